The summed E-state index contributed by atoms with van der Waals surface area (Å²) in [6.07, 6.45) is 0. The first-order valence-electron chi connectivity index (χ1n) is 5.19. The lowest BCUT2D eigenvalue weighted by atomic mass is 10.2. The molecule has 2 aromatic rings. The fraction of sp³-hybridized carbons (Fsp3) is 0.0833. The number of hydrogen-bond acceptors (Lipinski definition) is 4. The first-order valence-corrected chi connectivity index (χ1v) is 8.03. The van der Waals surface area contributed by atoms with E-state index in [1.54, 1.807) is 12.1 Å². The van der Waals surface area contributed by atoms with Crippen LogP contribution < -0.4 is 0 Å². The second kappa shape index (κ2) is 5.32. The summed E-state index contributed by atoms with van der Waals surface area (Å²) < 4.78 is 24.8. The Balaban J connectivity index is 2.26. The van der Waals surface area contributed by atoms with Crippen molar-refractivity contribution in [2.45, 2.75) is 10.6 Å². The van der Waals surface area contributed by atoms with Crippen LogP contribution in [0.1, 0.15) is 15.2 Å². The maximum Gasteiger partial charge on any atom is 0.335 e. The predicted octanol–water partition coefficient (Wildman–Crippen LogP) is 3.07. The van der Waals surface area contributed by atoms with Gasteiger partial charge in [0.05, 0.1) is 20.5 Å². The van der Waals surface area contributed by atoms with Gasteiger partial charge in [0.15, 0.2) is 9.84 Å². The molecule has 0 atom stereocenters. The molecule has 4 nitrogen and oxygen atoms in total. The Morgan fingerprint density at radius 2 is 1.79 bits per heavy atom. The molecule has 0 bridgehead atoms. The number of benzene rings is 1. The van der Waals surface area contributed by atoms with E-state index in [2.05, 4.69) is 0 Å². The normalized spacial score (nSPS) is 11.4. The number of carbonyl (C=O) groups is 1. The molecule has 19 heavy (non-hydrogen) atoms. The van der Waals surface area contributed by atoms with Crippen molar-refractivity contribution < 1.29 is 18.3 Å². The molecule has 0 aliphatic rings. The van der Waals surface area contributed by atoms with Gasteiger partial charge in [0.1, 0.15) is 0 Å². The monoisotopic (exact) mass is 316 g/mol. The molecule has 1 N–H and O–H groups in total. The van der Waals surface area contributed by atoms with Crippen molar-refractivity contribution in [3.05, 3.63) is 51.2 Å². The lowest BCUT2D eigenvalue weighted by Crippen LogP contribution is -2.04. The molecule has 1 aromatic heterocycles. The maximum absolute atomic E-state index is 12.1. The van der Waals surface area contributed by atoms with Gasteiger partial charge in [0.25, 0.3) is 0 Å². The molecular weight excluding hydrogens is 308 g/mol. The quantitative estimate of drug-likeness (QED) is 0.941. The van der Waals surface area contributed by atoms with Gasteiger partial charge in [-0.15, -0.1) is 11.3 Å². The van der Waals surface area contributed by atoms with Crippen LogP contribution in [0.25, 0.3) is 0 Å². The summed E-state index contributed by atoms with van der Waals surface area (Å²) in [6.45, 7) is 0. The van der Waals surface area contributed by atoms with Gasteiger partial charge in [0.2, 0.25) is 0 Å². The van der Waals surface area contributed by atoms with E-state index >= 15 is 0 Å². The zero-order valence-electron chi connectivity index (χ0n) is 9.54. The molecule has 0 spiro atoms. The molecule has 0 radical (unpaired) electrons. The van der Waals surface area contributed by atoms with Gasteiger partial charge < -0.3 is 5.11 Å². The van der Waals surface area contributed by atoms with Crippen molar-refractivity contribution in [2.24, 2.45) is 0 Å². The molecule has 0 aliphatic heterocycles. The lowest BCUT2D eigenvalue weighted by Gasteiger charge is -2.03. The van der Waals surface area contributed by atoms with Crippen molar-refractivity contribution in [1.29, 1.82) is 0 Å². The molecule has 7 heteroatoms. The van der Waals surface area contributed by atoms with Gasteiger partial charge in [-0.1, -0.05) is 11.6 Å². The summed E-state index contributed by atoms with van der Waals surface area (Å²) in [7, 11) is -3.48. The van der Waals surface area contributed by atoms with E-state index in [4.69, 9.17) is 16.7 Å². The molecule has 0 saturated heterocycles. The van der Waals surface area contributed by atoms with Crippen LogP contribution in [0.5, 0.6) is 0 Å². The van der Waals surface area contributed by atoms with Crippen molar-refractivity contribution in [1.82, 2.24) is 0 Å². The molecule has 0 aliphatic carbocycles. The van der Waals surface area contributed by atoms with Crippen molar-refractivity contribution in [3.63, 3.8) is 0 Å². The molecule has 2 rings (SSSR count). The zero-order chi connectivity index (χ0) is 14.0. The fourth-order valence-corrected chi connectivity index (χ4v) is 4.28. The highest BCUT2D eigenvalue weighted by Gasteiger charge is 2.17. The van der Waals surface area contributed by atoms with Crippen LogP contribution in [0.15, 0.2) is 41.3 Å². The molecule has 100 valence electrons. The van der Waals surface area contributed by atoms with Gasteiger partial charge in [-0.25, -0.2) is 13.2 Å². The Hall–Kier alpha value is -1.37. The number of thiophene rings is 1. The third-order valence-corrected chi connectivity index (χ3v) is 5.52. The molecule has 0 saturated carbocycles. The Labute approximate surface area is 119 Å². The van der Waals surface area contributed by atoms with Crippen molar-refractivity contribution in [2.75, 3.05) is 0 Å². The first-order chi connectivity index (χ1) is 8.88. The predicted molar refractivity (Wildman–Crippen MR) is 73.6 cm³/mol. The van der Waals surface area contributed by atoms with E-state index in [1.165, 1.54) is 35.6 Å². The highest BCUT2D eigenvalue weighted by molar-refractivity contribution is 7.90. The average Bonchev–Trinajstić information content (AvgIpc) is 2.74. The van der Waals surface area contributed by atoms with E-state index in [1.807, 2.05) is 0 Å². The van der Waals surface area contributed by atoms with E-state index in [9.17, 15) is 13.2 Å². The van der Waals surface area contributed by atoms with Crippen LogP contribution in [-0.2, 0) is 15.6 Å². The number of sulfone groups is 1. The summed E-state index contributed by atoms with van der Waals surface area (Å²) in [5.41, 5.74) is 0.0538. The third-order valence-electron chi connectivity index (χ3n) is 2.42. The minimum absolute atomic E-state index is 0.0538. The lowest BCUT2D eigenvalue weighted by molar-refractivity contribution is 0.0697. The molecule has 1 heterocycles. The van der Waals surface area contributed by atoms with E-state index in [0.717, 1.165) is 0 Å². The molecule has 1 aromatic carbocycles. The summed E-state index contributed by atoms with van der Waals surface area (Å²) in [5, 5.41) is 8.75. The maximum atomic E-state index is 12.1. The molecular formula is C12H9ClO4S2. The second-order valence-electron chi connectivity index (χ2n) is 3.79. The highest BCUT2D eigenvalue weighted by Crippen LogP contribution is 2.25. The standard InChI is InChI=1S/C12H9ClO4S2/c13-11-6-3-9(18-11)7-19(16,17)10-4-1-8(2-5-10)12(14)15/h1-6H,7H2,(H,14,15). The van der Waals surface area contributed by atoms with Crippen LogP contribution in [0.3, 0.4) is 0 Å². The van der Waals surface area contributed by atoms with Crippen LogP contribution in [0.2, 0.25) is 4.34 Å². The van der Waals surface area contributed by atoms with Crippen LogP contribution in [0.4, 0.5) is 0 Å². The van der Waals surface area contributed by atoms with Gasteiger partial charge in [-0.3, -0.25) is 0 Å². The summed E-state index contributed by atoms with van der Waals surface area (Å²) in [4.78, 5) is 11.4. The number of hydrogen-bond donors (Lipinski definition) is 1. The van der Waals surface area contributed by atoms with E-state index < -0.39 is 15.8 Å². The van der Waals surface area contributed by atoms with Crippen LogP contribution in [-0.4, -0.2) is 19.5 Å². The Bertz CT molecular complexity index is 702. The smallest absolute Gasteiger partial charge is 0.335 e. The van der Waals surface area contributed by atoms with Gasteiger partial charge in [-0.05, 0) is 36.4 Å². The minimum atomic E-state index is -3.48. The van der Waals surface area contributed by atoms with E-state index in [0.29, 0.717) is 9.21 Å². The first kappa shape index (κ1) is 14.0. The number of halogens is 1. The van der Waals surface area contributed by atoms with Crippen molar-refractivity contribution >= 4 is 38.7 Å². The largest absolute Gasteiger partial charge is 0.478 e. The summed E-state index contributed by atoms with van der Waals surface area (Å²) >= 11 is 6.96. The molecule has 0 fully saturated rings. The second-order valence-corrected chi connectivity index (χ2v) is 7.58. The zero-order valence-corrected chi connectivity index (χ0v) is 11.9. The Kier molecular flexibility index (Phi) is 3.93. The Morgan fingerprint density at radius 1 is 1.16 bits per heavy atom. The average molecular weight is 317 g/mol. The summed E-state index contributed by atoms with van der Waals surface area (Å²) in [6, 6.07) is 8.45. The van der Waals surface area contributed by atoms with Crippen LogP contribution >= 0.6 is 22.9 Å². The molecule has 0 amide bonds. The van der Waals surface area contributed by atoms with Gasteiger partial charge in [0, 0.05) is 4.88 Å². The van der Waals surface area contributed by atoms with Gasteiger partial charge >= 0.3 is 5.97 Å². The highest BCUT2D eigenvalue weighted by atomic mass is 35.5. The van der Waals surface area contributed by atoms with Crippen LogP contribution in [0, 0.1) is 0 Å². The number of rotatable bonds is 4. The summed E-state index contributed by atoms with van der Waals surface area (Å²) in [5.74, 6) is -1.23. The van der Waals surface area contributed by atoms with Gasteiger partial charge in [-0.2, -0.15) is 0 Å². The molecule has 0 unspecified atom stereocenters. The fourth-order valence-electron chi connectivity index (χ4n) is 1.50. The topological polar surface area (TPSA) is 71.4 Å². The van der Waals surface area contributed by atoms with Crippen molar-refractivity contribution in [3.8, 4) is 0 Å². The Morgan fingerprint density at radius 3 is 2.26 bits per heavy atom. The minimum Gasteiger partial charge on any atom is -0.478 e. The number of carboxylic acids is 1. The number of carboxylic acid groups (broad SMARTS) is 1. The number of aromatic carboxylic acids is 1. The SMILES string of the molecule is O=C(O)c1ccc(S(=O)(=O)Cc2ccc(Cl)s2)cc1. The van der Waals surface area contributed by atoms with E-state index in [-0.39, 0.29) is 16.2 Å². The third kappa shape index (κ3) is 3.34.